The lowest BCUT2D eigenvalue weighted by Crippen LogP contribution is -2.24. The summed E-state index contributed by atoms with van der Waals surface area (Å²) in [4.78, 5) is 0.0557. The standard InChI is InChI=1S/C18H21O5PS.C11H15O3P/c1-13-8-10-14(11-9-13)25(20,21)23-16-7-5-6-15-17(16)24(19,12-22-15)18(2,3)4;1-11(2,3)15(13)7-14-9-6-4-5-8(12)10(9)15/h5-11H,12H2,1-4H3;4-6,12H,7H2,1-3H3/t24-;15-/m00/s1. The average Bonchev–Trinajstić information content (AvgIpc) is 3.40. The number of aromatic hydroxyl groups is 1. The Balaban J connectivity index is 0.000000210. The fraction of sp³-hybridized carbons (Fsp3) is 0.379. The van der Waals surface area contributed by atoms with Crippen molar-refractivity contribution in [2.75, 3.05) is 12.7 Å². The number of hydrogen-bond donors (Lipinski definition) is 1. The Morgan fingerprint density at radius 2 is 1.23 bits per heavy atom. The first kappa shape index (κ1) is 30.2. The molecule has 0 radical (unpaired) electrons. The summed E-state index contributed by atoms with van der Waals surface area (Å²) in [5.41, 5.74) is 0.949. The predicted octanol–water partition coefficient (Wildman–Crippen LogP) is 6.43. The normalized spacial score (nSPS) is 21.8. The van der Waals surface area contributed by atoms with E-state index in [1.165, 1.54) is 18.2 Å². The van der Waals surface area contributed by atoms with Crippen molar-refractivity contribution in [2.24, 2.45) is 0 Å². The van der Waals surface area contributed by atoms with Gasteiger partial charge in [0.1, 0.15) is 40.1 Å². The molecule has 0 aliphatic carbocycles. The van der Waals surface area contributed by atoms with E-state index in [0.717, 1.165) is 5.56 Å². The zero-order valence-corrected chi connectivity index (χ0v) is 26.4. The van der Waals surface area contributed by atoms with E-state index in [2.05, 4.69) is 0 Å². The molecule has 2 heterocycles. The highest BCUT2D eigenvalue weighted by molar-refractivity contribution is 7.87. The molecule has 8 nitrogen and oxygen atoms in total. The Kier molecular flexibility index (Phi) is 7.77. The molecular weight excluding hydrogens is 570 g/mol. The van der Waals surface area contributed by atoms with Crippen LogP contribution in [0.2, 0.25) is 0 Å². The molecular formula is C29H36O8P2S. The van der Waals surface area contributed by atoms with Gasteiger partial charge >= 0.3 is 10.1 Å². The first-order valence-corrected chi connectivity index (χ1v) is 18.0. The van der Waals surface area contributed by atoms with Crippen LogP contribution in [0.1, 0.15) is 47.1 Å². The first-order valence-electron chi connectivity index (χ1n) is 12.8. The summed E-state index contributed by atoms with van der Waals surface area (Å²) in [6.45, 7) is 13.2. The van der Waals surface area contributed by atoms with Crippen LogP contribution in [-0.2, 0) is 19.2 Å². The summed E-state index contributed by atoms with van der Waals surface area (Å²) in [5, 5.41) is 9.72. The maximum absolute atomic E-state index is 13.5. The first-order chi connectivity index (χ1) is 18.4. The van der Waals surface area contributed by atoms with Crippen molar-refractivity contribution in [1.82, 2.24) is 0 Å². The smallest absolute Gasteiger partial charge is 0.339 e. The Bertz CT molecular complexity index is 1630. The molecule has 40 heavy (non-hydrogen) atoms. The van der Waals surface area contributed by atoms with Crippen molar-refractivity contribution in [2.45, 2.75) is 63.7 Å². The maximum atomic E-state index is 13.5. The van der Waals surface area contributed by atoms with Gasteiger partial charge in [0.05, 0.1) is 5.30 Å². The summed E-state index contributed by atoms with van der Waals surface area (Å²) < 4.78 is 67.9. The SMILES string of the molecule is CC(C)(C)[P@]1(=O)COc2cccc(O)c21.Cc1ccc(S(=O)(=O)Oc2cccc3c2[P@](=O)(C(C)(C)C)CO3)cc1. The molecule has 0 aromatic heterocycles. The molecule has 3 aromatic carbocycles. The van der Waals surface area contributed by atoms with Crippen molar-refractivity contribution in [3.8, 4) is 23.0 Å². The highest BCUT2D eigenvalue weighted by atomic mass is 32.2. The van der Waals surface area contributed by atoms with E-state index in [1.54, 1.807) is 42.5 Å². The van der Waals surface area contributed by atoms with Gasteiger partial charge in [0.2, 0.25) is 0 Å². The van der Waals surface area contributed by atoms with E-state index in [9.17, 15) is 22.7 Å². The van der Waals surface area contributed by atoms with E-state index >= 15 is 0 Å². The molecule has 1 N–H and O–H groups in total. The van der Waals surface area contributed by atoms with Crippen LogP contribution in [0, 0.1) is 6.92 Å². The van der Waals surface area contributed by atoms with Gasteiger partial charge in [-0.05, 0) is 43.3 Å². The second-order valence-corrected chi connectivity index (χ2v) is 20.5. The van der Waals surface area contributed by atoms with Gasteiger partial charge in [-0.25, -0.2) is 0 Å². The second kappa shape index (κ2) is 10.3. The molecule has 0 saturated heterocycles. The maximum Gasteiger partial charge on any atom is 0.339 e. The van der Waals surface area contributed by atoms with E-state index in [1.807, 2.05) is 48.5 Å². The van der Waals surface area contributed by atoms with Gasteiger partial charge < -0.3 is 27.9 Å². The minimum absolute atomic E-state index is 0.0524. The molecule has 2 aliphatic rings. The third-order valence-electron chi connectivity index (χ3n) is 7.14. The Labute approximate surface area is 236 Å². The van der Waals surface area contributed by atoms with E-state index in [-0.39, 0.29) is 34.2 Å². The van der Waals surface area contributed by atoms with Gasteiger partial charge in [0.15, 0.2) is 20.0 Å². The largest absolute Gasteiger partial charge is 0.507 e. The number of ether oxygens (including phenoxy) is 2. The molecule has 0 saturated carbocycles. The Morgan fingerprint density at radius 1 is 0.750 bits per heavy atom. The predicted molar refractivity (Wildman–Crippen MR) is 159 cm³/mol. The molecule has 0 unspecified atom stereocenters. The van der Waals surface area contributed by atoms with Gasteiger partial charge in [-0.15, -0.1) is 0 Å². The number of fused-ring (bicyclic) bond motifs is 2. The molecule has 11 heteroatoms. The molecule has 216 valence electrons. The van der Waals surface area contributed by atoms with Gasteiger partial charge in [0.25, 0.3) is 0 Å². The molecule has 0 bridgehead atoms. The molecule has 0 fully saturated rings. The quantitative estimate of drug-likeness (QED) is 0.268. The van der Waals surface area contributed by atoms with Crippen molar-refractivity contribution in [1.29, 1.82) is 0 Å². The highest BCUT2D eigenvalue weighted by Gasteiger charge is 2.48. The molecule has 2 atom stereocenters. The second-order valence-electron chi connectivity index (χ2n) is 11.9. The summed E-state index contributed by atoms with van der Waals surface area (Å²) in [5.74, 6) is 1.15. The van der Waals surface area contributed by atoms with E-state index in [0.29, 0.717) is 22.1 Å². The molecule has 2 aliphatic heterocycles. The van der Waals surface area contributed by atoms with E-state index in [4.69, 9.17) is 13.7 Å². The zero-order valence-electron chi connectivity index (χ0n) is 23.8. The molecule has 0 spiro atoms. The molecule has 3 aromatic rings. The number of hydrogen-bond acceptors (Lipinski definition) is 8. The van der Waals surface area contributed by atoms with Gasteiger partial charge in [-0.2, -0.15) is 8.42 Å². The molecule has 5 rings (SSSR count). The Hall–Kier alpha value is -2.73. The molecule has 0 amide bonds. The zero-order chi connectivity index (χ0) is 29.7. The lowest BCUT2D eigenvalue weighted by Gasteiger charge is -2.27. The summed E-state index contributed by atoms with van der Waals surface area (Å²) >= 11 is 0. The highest BCUT2D eigenvalue weighted by Crippen LogP contribution is 2.64. The topological polar surface area (TPSA) is 116 Å². The number of aryl methyl sites for hydroxylation is 1. The van der Waals surface area contributed by atoms with Crippen molar-refractivity contribution >= 4 is 35.0 Å². The summed E-state index contributed by atoms with van der Waals surface area (Å²) in [6.07, 6.45) is 0.250. The Morgan fingerprint density at radius 3 is 1.75 bits per heavy atom. The van der Waals surface area contributed by atoms with Crippen molar-refractivity contribution in [3.05, 3.63) is 66.2 Å². The van der Waals surface area contributed by atoms with Crippen LogP contribution >= 0.6 is 14.3 Å². The van der Waals surface area contributed by atoms with Crippen molar-refractivity contribution < 1.29 is 36.3 Å². The van der Waals surface area contributed by atoms with Crippen LogP contribution in [-0.4, -0.2) is 36.5 Å². The minimum Gasteiger partial charge on any atom is -0.507 e. The van der Waals surface area contributed by atoms with Crippen LogP contribution in [0.5, 0.6) is 23.0 Å². The summed E-state index contributed by atoms with van der Waals surface area (Å²) in [7, 11) is -9.66. The van der Waals surface area contributed by atoms with Crippen LogP contribution in [0.25, 0.3) is 0 Å². The van der Waals surface area contributed by atoms with Crippen LogP contribution in [0.3, 0.4) is 0 Å². The number of phenolic OH excluding ortho intramolecular Hbond substituents is 1. The van der Waals surface area contributed by atoms with Gasteiger partial charge in [-0.3, -0.25) is 0 Å². The summed E-state index contributed by atoms with van der Waals surface area (Å²) in [6, 6.07) is 16.3. The number of rotatable bonds is 3. The average molecular weight is 607 g/mol. The van der Waals surface area contributed by atoms with Crippen LogP contribution in [0.4, 0.5) is 0 Å². The lowest BCUT2D eigenvalue weighted by atomic mass is 10.2. The number of phenols is 1. The van der Waals surface area contributed by atoms with Crippen LogP contribution < -0.4 is 24.3 Å². The van der Waals surface area contributed by atoms with Gasteiger partial charge in [-0.1, -0.05) is 71.4 Å². The van der Waals surface area contributed by atoms with Crippen LogP contribution in [0.15, 0.2) is 65.6 Å². The third-order valence-corrected chi connectivity index (χ3v) is 16.0. The monoisotopic (exact) mass is 606 g/mol. The third kappa shape index (κ3) is 5.32. The lowest BCUT2D eigenvalue weighted by molar-refractivity contribution is 0.388. The van der Waals surface area contributed by atoms with Gasteiger partial charge in [0, 0.05) is 10.3 Å². The fourth-order valence-corrected chi connectivity index (χ4v) is 10.3. The minimum atomic E-state index is -4.02. The number of benzene rings is 3. The van der Waals surface area contributed by atoms with E-state index < -0.39 is 29.6 Å². The fourth-order valence-electron chi connectivity index (χ4n) is 4.41. The van der Waals surface area contributed by atoms with Crippen molar-refractivity contribution in [3.63, 3.8) is 0 Å².